The zero-order chi connectivity index (χ0) is 13.8. The minimum absolute atomic E-state index is 0.248. The van der Waals surface area contributed by atoms with Crippen LogP contribution in [-0.4, -0.2) is 15.4 Å². The van der Waals surface area contributed by atoms with E-state index in [2.05, 4.69) is 54.4 Å². The molecule has 2 rings (SSSR count). The zero-order valence-electron chi connectivity index (χ0n) is 11.1. The first-order valence-electron chi connectivity index (χ1n) is 6.33. The molecule has 0 bridgehead atoms. The predicted molar refractivity (Wildman–Crippen MR) is 77.6 cm³/mol. The van der Waals surface area contributed by atoms with Crippen molar-refractivity contribution < 1.29 is 12.9 Å². The monoisotopic (exact) mass is 278 g/mol. The predicted octanol–water partition coefficient (Wildman–Crippen LogP) is 3.61. The highest BCUT2D eigenvalue weighted by Gasteiger charge is 2.10. The fourth-order valence-electron chi connectivity index (χ4n) is 2.17. The Kier molecular flexibility index (Phi) is 4.69. The van der Waals surface area contributed by atoms with Crippen LogP contribution in [-0.2, 0) is 22.0 Å². The first-order valence-corrected chi connectivity index (χ1v) is 7.37. The fraction of sp³-hybridized carbons (Fsp3) is 0.333. The molecule has 19 heavy (non-hydrogen) atoms. The topological polar surface area (TPSA) is 46.5 Å². The van der Waals surface area contributed by atoms with Gasteiger partial charge in [-0.1, -0.05) is 50.2 Å². The van der Waals surface area contributed by atoms with Crippen LogP contribution in [0, 0.1) is 0 Å². The summed E-state index contributed by atoms with van der Waals surface area (Å²) in [7, 11) is 0. The number of hydrogen-bond acceptors (Lipinski definition) is 2. The van der Waals surface area contributed by atoms with Gasteiger partial charge in [0.1, 0.15) is 0 Å². The van der Waals surface area contributed by atoms with Gasteiger partial charge in [0.15, 0.2) is 0 Å². The van der Waals surface area contributed by atoms with E-state index in [0.717, 1.165) is 5.56 Å². The molecule has 0 amide bonds. The molecule has 4 heteroatoms. The molecule has 102 valence electrons. The lowest BCUT2D eigenvalue weighted by molar-refractivity contribution is 0.311. The third-order valence-corrected chi connectivity index (χ3v) is 3.59. The Morgan fingerprint density at radius 3 is 2.74 bits per heavy atom. The van der Waals surface area contributed by atoms with E-state index < -0.39 is 11.4 Å². The molecule has 0 saturated carbocycles. The molecule has 0 aliphatic heterocycles. The van der Waals surface area contributed by atoms with Crippen LogP contribution in [0.2, 0.25) is 0 Å². The quantitative estimate of drug-likeness (QED) is 0.850. The summed E-state index contributed by atoms with van der Waals surface area (Å²) in [5.74, 6) is 0.495. The molecule has 0 aromatic rings. The average molecular weight is 278 g/mol. The Bertz CT molecular complexity index is 551. The maximum atomic E-state index is 10.4. The van der Waals surface area contributed by atoms with Crippen molar-refractivity contribution in [3.8, 4) is 11.1 Å². The minimum Gasteiger partial charge on any atom is -0.284 e. The highest BCUT2D eigenvalue weighted by atomic mass is 32.2. The lowest BCUT2D eigenvalue weighted by Gasteiger charge is -2.03. The molecule has 0 aromatic carbocycles. The lowest BCUT2D eigenvalue weighted by Crippen LogP contribution is -2.00. The highest BCUT2D eigenvalue weighted by Crippen LogP contribution is 2.30. The van der Waals surface area contributed by atoms with Crippen molar-refractivity contribution in [2.75, 3.05) is 6.61 Å². The van der Waals surface area contributed by atoms with E-state index in [-0.39, 0.29) is 6.61 Å². The summed E-state index contributed by atoms with van der Waals surface area (Å²) in [6.07, 6.45) is 0.636. The Labute approximate surface area is 116 Å². The van der Waals surface area contributed by atoms with E-state index in [0.29, 0.717) is 12.3 Å². The van der Waals surface area contributed by atoms with Crippen LogP contribution in [0.1, 0.15) is 30.9 Å². The molecule has 0 spiro atoms. The van der Waals surface area contributed by atoms with Crippen molar-refractivity contribution in [3.05, 3.63) is 47.5 Å². The first kappa shape index (κ1) is 14.2. The summed E-state index contributed by atoms with van der Waals surface area (Å²) < 4.78 is 23.7. The van der Waals surface area contributed by atoms with Crippen molar-refractivity contribution in [1.29, 1.82) is 0 Å². The van der Waals surface area contributed by atoms with E-state index in [4.69, 9.17) is 4.55 Å². The zero-order valence-corrected chi connectivity index (χ0v) is 11.9. The molecule has 1 unspecified atom stereocenters. The van der Waals surface area contributed by atoms with Gasteiger partial charge in [-0.05, 0) is 34.6 Å². The summed E-state index contributed by atoms with van der Waals surface area (Å²) in [6.45, 7) is 4.60. The second kappa shape index (κ2) is 6.28. The summed E-state index contributed by atoms with van der Waals surface area (Å²) in [5, 5.41) is 0. The summed E-state index contributed by atoms with van der Waals surface area (Å²) in [5.41, 5.74) is 4.83. The Balaban J connectivity index is 2.20. The van der Waals surface area contributed by atoms with Crippen molar-refractivity contribution in [1.82, 2.24) is 0 Å². The number of hydrogen-bond donors (Lipinski definition) is 1. The molecule has 1 N–H and O–H groups in total. The van der Waals surface area contributed by atoms with Crippen molar-refractivity contribution in [3.63, 3.8) is 0 Å². The smallest absolute Gasteiger partial charge is 0.284 e. The van der Waals surface area contributed by atoms with Crippen molar-refractivity contribution >= 4 is 11.4 Å². The second-order valence-electron chi connectivity index (χ2n) is 4.84. The van der Waals surface area contributed by atoms with Gasteiger partial charge in [-0.15, -0.1) is 0 Å². The number of fused-ring (bicyclic) bond motifs is 1. The molecule has 0 heterocycles. The Morgan fingerprint density at radius 2 is 2.05 bits per heavy atom. The molecule has 0 radical (unpaired) electrons. The summed E-state index contributed by atoms with van der Waals surface area (Å²) >= 11 is -2.18. The molecule has 0 aromatic heterocycles. The minimum atomic E-state index is -2.18. The maximum Gasteiger partial charge on any atom is 0.301 e. The van der Waals surface area contributed by atoms with Crippen LogP contribution in [0.3, 0.4) is 0 Å². The lowest BCUT2D eigenvalue weighted by atomic mass is 10.0. The van der Waals surface area contributed by atoms with E-state index in [1.807, 2.05) is 0 Å². The normalized spacial score (nSPS) is 13.1. The number of rotatable bonds is 5. The van der Waals surface area contributed by atoms with Gasteiger partial charge >= 0.3 is 11.4 Å². The molecule has 1 atom stereocenters. The van der Waals surface area contributed by atoms with Crippen molar-refractivity contribution in [2.24, 2.45) is 0 Å². The largest absolute Gasteiger partial charge is 0.301 e. The summed E-state index contributed by atoms with van der Waals surface area (Å²) in [6, 6.07) is 12.6. The highest BCUT2D eigenvalue weighted by molar-refractivity contribution is 7.74. The van der Waals surface area contributed by atoms with Crippen LogP contribution in [0.5, 0.6) is 0 Å². The molecule has 2 aliphatic carbocycles. The SMILES string of the molecule is CC(C)c1cccc2c(CCOS(=O)O)ccc-2c1. The molecule has 2 aliphatic rings. The van der Waals surface area contributed by atoms with Gasteiger partial charge in [-0.3, -0.25) is 8.74 Å². The average Bonchev–Trinajstić information content (AvgIpc) is 2.59. The van der Waals surface area contributed by atoms with E-state index in [1.54, 1.807) is 0 Å². The third kappa shape index (κ3) is 3.62. The Morgan fingerprint density at radius 1 is 1.26 bits per heavy atom. The van der Waals surface area contributed by atoms with E-state index in [9.17, 15) is 4.21 Å². The van der Waals surface area contributed by atoms with Crippen LogP contribution >= 0.6 is 0 Å². The van der Waals surface area contributed by atoms with Gasteiger partial charge in [0.05, 0.1) is 6.61 Å². The van der Waals surface area contributed by atoms with Gasteiger partial charge in [0, 0.05) is 0 Å². The van der Waals surface area contributed by atoms with Gasteiger partial charge in [0.2, 0.25) is 0 Å². The van der Waals surface area contributed by atoms with Gasteiger partial charge in [-0.25, -0.2) is 0 Å². The van der Waals surface area contributed by atoms with Gasteiger partial charge in [0.25, 0.3) is 0 Å². The van der Waals surface area contributed by atoms with E-state index in [1.165, 1.54) is 16.7 Å². The second-order valence-corrected chi connectivity index (χ2v) is 5.51. The molecule has 0 saturated heterocycles. The van der Waals surface area contributed by atoms with Crippen molar-refractivity contribution in [2.45, 2.75) is 26.2 Å². The van der Waals surface area contributed by atoms with Gasteiger partial charge in [-0.2, -0.15) is 4.21 Å². The van der Waals surface area contributed by atoms with Crippen LogP contribution in [0.25, 0.3) is 11.1 Å². The van der Waals surface area contributed by atoms with E-state index >= 15 is 0 Å². The third-order valence-electron chi connectivity index (χ3n) is 3.22. The molecule has 3 nitrogen and oxygen atoms in total. The molecular formula is C15H18O3S. The standard InChI is InChI=1S/C15H18O3S/c1-11(2)13-4-3-5-15-12(6-7-14(15)10-13)8-9-18-19(16)17/h3-7,10-11H,8-9H2,1-2H3,(H,16,17). The molecule has 0 fully saturated rings. The fourth-order valence-corrected chi connectivity index (χ4v) is 2.39. The van der Waals surface area contributed by atoms with Crippen LogP contribution < -0.4 is 0 Å². The first-order chi connectivity index (χ1) is 9.08. The van der Waals surface area contributed by atoms with Gasteiger partial charge < -0.3 is 0 Å². The van der Waals surface area contributed by atoms with Crippen LogP contribution in [0.15, 0.2) is 36.4 Å². The Hall–Kier alpha value is -1.23. The summed E-state index contributed by atoms with van der Waals surface area (Å²) in [4.78, 5) is 0. The molecular weight excluding hydrogens is 260 g/mol. The van der Waals surface area contributed by atoms with Crippen LogP contribution in [0.4, 0.5) is 0 Å². The maximum absolute atomic E-state index is 10.4.